The van der Waals surface area contributed by atoms with Crippen LogP contribution in [0.2, 0.25) is 0 Å². The highest BCUT2D eigenvalue weighted by molar-refractivity contribution is 7.15. The van der Waals surface area contributed by atoms with E-state index in [1.807, 2.05) is 7.05 Å². The van der Waals surface area contributed by atoms with Gasteiger partial charge in [-0.25, -0.2) is 4.98 Å². The van der Waals surface area contributed by atoms with Crippen molar-refractivity contribution < 1.29 is 13.2 Å². The Kier molecular flexibility index (Phi) is 4.54. The highest BCUT2D eigenvalue weighted by Gasteiger charge is 2.35. The van der Waals surface area contributed by atoms with Crippen LogP contribution in [0.3, 0.4) is 0 Å². The van der Waals surface area contributed by atoms with Gasteiger partial charge in [0.15, 0.2) is 5.13 Å². The molecule has 0 saturated heterocycles. The standard InChI is InChI=1S/C14H22F3N3S/c1-13(2)7-9(18-3)11-10(8-13)19-12(21-11)20(4)6-5-14(15,16)17/h9,18H,5-8H2,1-4H3. The third kappa shape index (κ3) is 4.10. The van der Waals surface area contributed by atoms with Crippen LogP contribution in [0.1, 0.15) is 43.3 Å². The Hall–Kier alpha value is -0.820. The second kappa shape index (κ2) is 5.76. The molecule has 0 aliphatic heterocycles. The summed E-state index contributed by atoms with van der Waals surface area (Å²) in [5.41, 5.74) is 1.20. The molecule has 1 atom stereocenters. The average molecular weight is 321 g/mol. The molecular weight excluding hydrogens is 299 g/mol. The van der Waals surface area contributed by atoms with Gasteiger partial charge in [-0.05, 0) is 25.3 Å². The number of hydrogen-bond donors (Lipinski definition) is 1. The number of anilines is 1. The van der Waals surface area contributed by atoms with Gasteiger partial charge in [0, 0.05) is 24.5 Å². The molecule has 7 heteroatoms. The van der Waals surface area contributed by atoms with Gasteiger partial charge in [-0.3, -0.25) is 0 Å². The van der Waals surface area contributed by atoms with Crippen molar-refractivity contribution in [1.82, 2.24) is 10.3 Å². The summed E-state index contributed by atoms with van der Waals surface area (Å²) in [6.45, 7) is 4.35. The molecule has 1 unspecified atom stereocenters. The highest BCUT2D eigenvalue weighted by atomic mass is 32.1. The lowest BCUT2D eigenvalue weighted by atomic mass is 9.76. The fraction of sp³-hybridized carbons (Fsp3) is 0.786. The number of alkyl halides is 3. The highest BCUT2D eigenvalue weighted by Crippen LogP contribution is 2.44. The van der Waals surface area contributed by atoms with E-state index in [1.165, 1.54) is 16.2 Å². The van der Waals surface area contributed by atoms with Crippen molar-refractivity contribution in [3.63, 3.8) is 0 Å². The van der Waals surface area contributed by atoms with Crippen LogP contribution in [0, 0.1) is 5.41 Å². The Bertz CT molecular complexity index is 496. The molecule has 120 valence electrons. The van der Waals surface area contributed by atoms with Gasteiger partial charge in [0.1, 0.15) is 0 Å². The summed E-state index contributed by atoms with van der Waals surface area (Å²) in [6, 6.07) is 0.242. The molecule has 0 fully saturated rings. The zero-order valence-corrected chi connectivity index (χ0v) is 13.7. The normalized spacial score (nSPS) is 21.2. The number of thiazole rings is 1. The number of nitrogens with one attached hydrogen (secondary N) is 1. The van der Waals surface area contributed by atoms with Gasteiger partial charge in [0.2, 0.25) is 0 Å². The zero-order valence-electron chi connectivity index (χ0n) is 12.8. The maximum absolute atomic E-state index is 12.3. The van der Waals surface area contributed by atoms with Gasteiger partial charge in [-0.1, -0.05) is 25.2 Å². The van der Waals surface area contributed by atoms with Crippen LogP contribution in [-0.2, 0) is 6.42 Å². The molecular formula is C14H22F3N3S. The van der Waals surface area contributed by atoms with Gasteiger partial charge < -0.3 is 10.2 Å². The van der Waals surface area contributed by atoms with Gasteiger partial charge in [0.25, 0.3) is 0 Å². The summed E-state index contributed by atoms with van der Waals surface area (Å²) in [5.74, 6) is 0. The summed E-state index contributed by atoms with van der Waals surface area (Å²) in [7, 11) is 3.60. The van der Waals surface area contributed by atoms with Crippen LogP contribution in [0.15, 0.2) is 0 Å². The van der Waals surface area contributed by atoms with Crippen molar-refractivity contribution in [3.8, 4) is 0 Å². The molecule has 0 spiro atoms. The molecule has 0 saturated carbocycles. The fourth-order valence-electron chi connectivity index (χ4n) is 2.71. The number of hydrogen-bond acceptors (Lipinski definition) is 4. The molecule has 1 aromatic heterocycles. The second-order valence-electron chi connectivity index (χ2n) is 6.48. The Morgan fingerprint density at radius 1 is 1.43 bits per heavy atom. The SMILES string of the molecule is CNC1CC(C)(C)Cc2nc(N(C)CCC(F)(F)F)sc21. The molecule has 0 amide bonds. The van der Waals surface area contributed by atoms with E-state index in [9.17, 15) is 13.2 Å². The summed E-state index contributed by atoms with van der Waals surface area (Å²) in [5, 5.41) is 3.98. The van der Waals surface area contributed by atoms with E-state index in [0.717, 1.165) is 18.5 Å². The van der Waals surface area contributed by atoms with E-state index in [0.29, 0.717) is 5.13 Å². The predicted molar refractivity (Wildman–Crippen MR) is 80.0 cm³/mol. The summed E-state index contributed by atoms with van der Waals surface area (Å²) >= 11 is 1.51. The molecule has 0 aromatic carbocycles. The molecule has 1 heterocycles. The maximum Gasteiger partial charge on any atom is 0.390 e. The minimum Gasteiger partial charge on any atom is -0.351 e. The molecule has 1 aliphatic rings. The van der Waals surface area contributed by atoms with Crippen molar-refractivity contribution in [1.29, 1.82) is 0 Å². The van der Waals surface area contributed by atoms with Crippen molar-refractivity contribution >= 4 is 16.5 Å². The van der Waals surface area contributed by atoms with Crippen molar-refractivity contribution in [2.75, 3.05) is 25.5 Å². The summed E-state index contributed by atoms with van der Waals surface area (Å²) in [4.78, 5) is 7.36. The lowest BCUT2D eigenvalue weighted by Crippen LogP contribution is -2.30. The average Bonchev–Trinajstić information content (AvgIpc) is 2.76. The Morgan fingerprint density at radius 2 is 2.10 bits per heavy atom. The predicted octanol–water partition coefficient (Wildman–Crippen LogP) is 3.76. The quantitative estimate of drug-likeness (QED) is 0.915. The van der Waals surface area contributed by atoms with E-state index in [-0.39, 0.29) is 18.0 Å². The molecule has 0 radical (unpaired) electrons. The zero-order chi connectivity index (χ0) is 15.8. The first-order valence-electron chi connectivity index (χ1n) is 7.06. The second-order valence-corrected chi connectivity index (χ2v) is 7.49. The molecule has 1 N–H and O–H groups in total. The molecule has 0 bridgehead atoms. The van der Waals surface area contributed by atoms with E-state index in [1.54, 1.807) is 11.9 Å². The van der Waals surface area contributed by atoms with Crippen LogP contribution in [0.25, 0.3) is 0 Å². The molecule has 3 nitrogen and oxygen atoms in total. The Morgan fingerprint density at radius 3 is 2.67 bits per heavy atom. The van der Waals surface area contributed by atoms with Crippen molar-refractivity contribution in [3.05, 3.63) is 10.6 Å². The first-order chi connectivity index (χ1) is 9.61. The Labute approximate surface area is 127 Å². The summed E-state index contributed by atoms with van der Waals surface area (Å²) in [6.07, 6.45) is -3.04. The summed E-state index contributed by atoms with van der Waals surface area (Å²) < 4.78 is 37.0. The molecule has 1 aromatic rings. The number of aromatic nitrogens is 1. The van der Waals surface area contributed by atoms with Crippen LogP contribution in [0.5, 0.6) is 0 Å². The van der Waals surface area contributed by atoms with Crippen LogP contribution in [-0.4, -0.2) is 31.8 Å². The van der Waals surface area contributed by atoms with Crippen molar-refractivity contribution in [2.24, 2.45) is 5.41 Å². The number of nitrogens with zero attached hydrogens (tertiary/aromatic N) is 2. The van der Waals surface area contributed by atoms with Crippen LogP contribution in [0.4, 0.5) is 18.3 Å². The number of fused-ring (bicyclic) bond motifs is 1. The van der Waals surface area contributed by atoms with Crippen LogP contribution >= 0.6 is 11.3 Å². The molecule has 21 heavy (non-hydrogen) atoms. The minimum atomic E-state index is -4.12. The third-order valence-corrected chi connectivity index (χ3v) is 5.17. The van der Waals surface area contributed by atoms with Gasteiger partial charge in [-0.15, -0.1) is 0 Å². The number of rotatable bonds is 4. The van der Waals surface area contributed by atoms with Gasteiger partial charge in [0.05, 0.1) is 12.1 Å². The minimum absolute atomic E-state index is 0.0521. The maximum atomic E-state index is 12.3. The first-order valence-corrected chi connectivity index (χ1v) is 7.88. The first kappa shape index (κ1) is 16.5. The fourth-order valence-corrected chi connectivity index (χ4v) is 3.89. The topological polar surface area (TPSA) is 28.2 Å². The lowest BCUT2D eigenvalue weighted by molar-refractivity contribution is -0.132. The smallest absolute Gasteiger partial charge is 0.351 e. The van der Waals surface area contributed by atoms with E-state index < -0.39 is 12.6 Å². The largest absolute Gasteiger partial charge is 0.390 e. The molecule has 2 rings (SSSR count). The third-order valence-electron chi connectivity index (χ3n) is 3.84. The van der Waals surface area contributed by atoms with E-state index in [4.69, 9.17) is 0 Å². The lowest BCUT2D eigenvalue weighted by Gasteiger charge is -2.34. The van der Waals surface area contributed by atoms with Gasteiger partial charge in [-0.2, -0.15) is 13.2 Å². The Balaban J connectivity index is 2.16. The van der Waals surface area contributed by atoms with Crippen LogP contribution < -0.4 is 10.2 Å². The van der Waals surface area contributed by atoms with E-state index in [2.05, 4.69) is 24.1 Å². The monoisotopic (exact) mass is 321 g/mol. The molecule has 1 aliphatic carbocycles. The number of halogens is 3. The van der Waals surface area contributed by atoms with E-state index >= 15 is 0 Å². The van der Waals surface area contributed by atoms with Gasteiger partial charge >= 0.3 is 6.18 Å². The van der Waals surface area contributed by atoms with Crippen molar-refractivity contribution in [2.45, 2.75) is 45.3 Å².